The summed E-state index contributed by atoms with van der Waals surface area (Å²) in [6, 6.07) is 7.94. The Labute approximate surface area is 143 Å². The molecule has 2 aromatic carbocycles. The van der Waals surface area contributed by atoms with Crippen LogP contribution in [0.2, 0.25) is 0 Å². The number of carbonyl (C=O) groups is 2. The first kappa shape index (κ1) is 15.3. The van der Waals surface area contributed by atoms with E-state index < -0.39 is 11.9 Å². The van der Waals surface area contributed by atoms with Crippen molar-refractivity contribution in [3.63, 3.8) is 0 Å². The number of carbonyl (C=O) groups excluding carboxylic acids is 2. The Bertz CT molecular complexity index is 887. The monoisotopic (exact) mass is 342 g/mol. The van der Waals surface area contributed by atoms with Gasteiger partial charge in [0.25, 0.3) is 0 Å². The van der Waals surface area contributed by atoms with Gasteiger partial charge in [-0.2, -0.15) is 0 Å². The van der Waals surface area contributed by atoms with Crippen molar-refractivity contribution in [1.82, 2.24) is 0 Å². The lowest BCUT2D eigenvalue weighted by Gasteiger charge is -2.23. The van der Waals surface area contributed by atoms with E-state index in [1.807, 2.05) is 0 Å². The van der Waals surface area contributed by atoms with Gasteiger partial charge in [-0.05, 0) is 23.8 Å². The predicted molar refractivity (Wildman–Crippen MR) is 84.8 cm³/mol. The molecule has 128 valence electrons. The minimum Gasteiger partial charge on any atom is -0.493 e. The summed E-state index contributed by atoms with van der Waals surface area (Å²) in [4.78, 5) is 25.4. The fraction of sp³-hybridized carbons (Fsp3) is 0.222. The number of fused-ring (bicyclic) bond motifs is 2. The molecule has 4 rings (SSSR count). The van der Waals surface area contributed by atoms with Crippen molar-refractivity contribution in [3.05, 3.63) is 41.5 Å². The van der Waals surface area contributed by atoms with E-state index in [-0.39, 0.29) is 23.9 Å². The first-order valence-corrected chi connectivity index (χ1v) is 7.54. The standard InChI is InChI=1S/C18H14O7/c1-21-13-6-10-12(7-14(13)22-2)25-18(20)16(17(10)19)9-3-4-11-15(5-9)24-8-23-11/h3-7,16H,8H2,1-2H3. The number of rotatable bonds is 3. The van der Waals surface area contributed by atoms with Gasteiger partial charge in [0.15, 0.2) is 28.8 Å². The van der Waals surface area contributed by atoms with Gasteiger partial charge < -0.3 is 23.7 Å². The molecule has 0 amide bonds. The van der Waals surface area contributed by atoms with Crippen LogP contribution in [-0.2, 0) is 4.79 Å². The van der Waals surface area contributed by atoms with Crippen molar-refractivity contribution >= 4 is 11.8 Å². The third kappa shape index (κ3) is 2.36. The van der Waals surface area contributed by atoms with Crippen LogP contribution < -0.4 is 23.7 Å². The maximum Gasteiger partial charge on any atom is 0.326 e. The van der Waals surface area contributed by atoms with Crippen molar-refractivity contribution in [2.45, 2.75) is 5.92 Å². The molecule has 0 spiro atoms. The first-order chi connectivity index (χ1) is 12.1. The van der Waals surface area contributed by atoms with E-state index in [2.05, 4.69) is 0 Å². The number of benzene rings is 2. The van der Waals surface area contributed by atoms with Gasteiger partial charge in [-0.3, -0.25) is 9.59 Å². The Morgan fingerprint density at radius 2 is 1.64 bits per heavy atom. The molecule has 2 aliphatic rings. The maximum atomic E-state index is 12.9. The number of hydrogen-bond donors (Lipinski definition) is 0. The highest BCUT2D eigenvalue weighted by atomic mass is 16.7. The Morgan fingerprint density at radius 3 is 2.40 bits per heavy atom. The third-order valence-corrected chi connectivity index (χ3v) is 4.19. The fourth-order valence-electron chi connectivity index (χ4n) is 2.95. The summed E-state index contributed by atoms with van der Waals surface area (Å²) in [6.45, 7) is 0.113. The van der Waals surface area contributed by atoms with Crippen LogP contribution >= 0.6 is 0 Å². The molecular formula is C18H14O7. The molecule has 1 atom stereocenters. The molecule has 0 saturated heterocycles. The molecule has 0 fully saturated rings. The van der Waals surface area contributed by atoms with Crippen LogP contribution in [0.25, 0.3) is 0 Å². The van der Waals surface area contributed by atoms with Gasteiger partial charge in [0, 0.05) is 6.07 Å². The maximum absolute atomic E-state index is 12.9. The lowest BCUT2D eigenvalue weighted by molar-refractivity contribution is -0.135. The first-order valence-electron chi connectivity index (χ1n) is 7.54. The van der Waals surface area contributed by atoms with E-state index >= 15 is 0 Å². The van der Waals surface area contributed by atoms with Gasteiger partial charge in [0.2, 0.25) is 6.79 Å². The van der Waals surface area contributed by atoms with Crippen molar-refractivity contribution in [1.29, 1.82) is 0 Å². The second-order valence-electron chi connectivity index (χ2n) is 5.53. The Kier molecular flexibility index (Phi) is 3.49. The normalized spacial score (nSPS) is 17.8. The molecule has 0 radical (unpaired) electrons. The Hall–Kier alpha value is -3.22. The molecular weight excluding hydrogens is 328 g/mol. The van der Waals surface area contributed by atoms with Crippen LogP contribution in [0.15, 0.2) is 30.3 Å². The van der Waals surface area contributed by atoms with E-state index in [9.17, 15) is 9.59 Å². The molecule has 7 heteroatoms. The lowest BCUT2D eigenvalue weighted by Crippen LogP contribution is -2.31. The van der Waals surface area contributed by atoms with Crippen LogP contribution in [0.3, 0.4) is 0 Å². The van der Waals surface area contributed by atoms with Crippen molar-refractivity contribution in [3.8, 4) is 28.7 Å². The second-order valence-corrected chi connectivity index (χ2v) is 5.53. The largest absolute Gasteiger partial charge is 0.493 e. The summed E-state index contributed by atoms with van der Waals surface area (Å²) < 4.78 is 26.3. The average molecular weight is 342 g/mol. The zero-order valence-corrected chi connectivity index (χ0v) is 13.5. The summed E-state index contributed by atoms with van der Waals surface area (Å²) in [5, 5.41) is 0. The van der Waals surface area contributed by atoms with Crippen molar-refractivity contribution in [2.24, 2.45) is 0 Å². The number of hydrogen-bond acceptors (Lipinski definition) is 7. The van der Waals surface area contributed by atoms with Crippen LogP contribution in [0.1, 0.15) is 21.8 Å². The van der Waals surface area contributed by atoms with Crippen LogP contribution in [0, 0.1) is 0 Å². The average Bonchev–Trinajstić information content (AvgIpc) is 3.08. The zero-order chi connectivity index (χ0) is 17.6. The lowest BCUT2D eigenvalue weighted by atomic mass is 9.88. The summed E-state index contributed by atoms with van der Waals surface area (Å²) in [5.41, 5.74) is 0.750. The molecule has 2 aliphatic heterocycles. The Morgan fingerprint density at radius 1 is 0.920 bits per heavy atom. The highest BCUT2D eigenvalue weighted by Crippen LogP contribution is 2.42. The highest BCUT2D eigenvalue weighted by molar-refractivity contribution is 6.17. The van der Waals surface area contributed by atoms with Crippen LogP contribution in [0.5, 0.6) is 28.7 Å². The molecule has 0 saturated carbocycles. The summed E-state index contributed by atoms with van der Waals surface area (Å²) >= 11 is 0. The molecule has 1 unspecified atom stereocenters. The van der Waals surface area contributed by atoms with Gasteiger partial charge in [-0.25, -0.2) is 0 Å². The molecule has 0 bridgehead atoms. The minimum atomic E-state index is -1.07. The topological polar surface area (TPSA) is 80.3 Å². The van der Waals surface area contributed by atoms with Gasteiger partial charge in [0.1, 0.15) is 11.7 Å². The number of methoxy groups -OCH3 is 2. The SMILES string of the molecule is COc1cc2c(cc1OC)C(=O)C(c1ccc3c(c1)OCO3)C(=O)O2. The molecule has 0 N–H and O–H groups in total. The molecule has 7 nitrogen and oxygen atoms in total. The van der Waals surface area contributed by atoms with E-state index in [4.69, 9.17) is 23.7 Å². The molecule has 0 aliphatic carbocycles. The number of ketones is 1. The summed E-state index contributed by atoms with van der Waals surface area (Å²) in [7, 11) is 2.94. The van der Waals surface area contributed by atoms with Gasteiger partial charge in [-0.15, -0.1) is 0 Å². The third-order valence-electron chi connectivity index (χ3n) is 4.19. The van der Waals surface area contributed by atoms with E-state index in [0.29, 0.717) is 28.6 Å². The number of Topliss-reactive ketones (excluding diaryl/α,β-unsaturated/α-hetero) is 1. The number of esters is 1. The predicted octanol–water partition coefficient (Wildman–Crippen LogP) is 2.32. The van der Waals surface area contributed by atoms with Gasteiger partial charge in [-0.1, -0.05) is 6.07 Å². The van der Waals surface area contributed by atoms with E-state index in [0.717, 1.165) is 0 Å². The summed E-state index contributed by atoms with van der Waals surface area (Å²) in [5.74, 6) is -0.0943. The minimum absolute atomic E-state index is 0.113. The number of ether oxygens (including phenoxy) is 5. The fourth-order valence-corrected chi connectivity index (χ4v) is 2.95. The quantitative estimate of drug-likeness (QED) is 0.481. The van der Waals surface area contributed by atoms with Crippen LogP contribution in [0.4, 0.5) is 0 Å². The molecule has 0 aromatic heterocycles. The van der Waals surface area contributed by atoms with Crippen molar-refractivity contribution < 1.29 is 33.3 Å². The molecule has 2 aromatic rings. The zero-order valence-electron chi connectivity index (χ0n) is 13.5. The van der Waals surface area contributed by atoms with E-state index in [1.54, 1.807) is 18.2 Å². The van der Waals surface area contributed by atoms with Crippen molar-refractivity contribution in [2.75, 3.05) is 21.0 Å². The van der Waals surface area contributed by atoms with Gasteiger partial charge in [0.05, 0.1) is 19.8 Å². The summed E-state index contributed by atoms with van der Waals surface area (Å²) in [6.07, 6.45) is 0. The Balaban J connectivity index is 1.77. The molecule has 2 heterocycles. The van der Waals surface area contributed by atoms with Crippen LogP contribution in [-0.4, -0.2) is 32.8 Å². The van der Waals surface area contributed by atoms with E-state index in [1.165, 1.54) is 26.4 Å². The smallest absolute Gasteiger partial charge is 0.326 e. The second kappa shape index (κ2) is 5.70. The molecule has 25 heavy (non-hydrogen) atoms. The highest BCUT2D eigenvalue weighted by Gasteiger charge is 2.39. The van der Waals surface area contributed by atoms with Gasteiger partial charge >= 0.3 is 5.97 Å².